The molecule has 2 N–H and O–H groups in total. The van der Waals surface area contributed by atoms with Crippen molar-refractivity contribution in [3.8, 4) is 0 Å². The van der Waals surface area contributed by atoms with Crippen LogP contribution in [0.25, 0.3) is 0 Å². The first-order chi connectivity index (χ1) is 24.5. The third-order valence-electron chi connectivity index (χ3n) is 9.61. The molecule has 1 atom stereocenters. The van der Waals surface area contributed by atoms with Gasteiger partial charge in [0.25, 0.3) is 0 Å². The first-order valence-corrected chi connectivity index (χ1v) is 21.5. The number of unbranched alkanes of at least 4 members (excludes halogenated alkanes) is 26. The highest BCUT2D eigenvalue weighted by molar-refractivity contribution is 5.80. The van der Waals surface area contributed by atoms with E-state index in [-0.39, 0.29) is 24.5 Å². The highest BCUT2D eigenvalue weighted by Gasteiger charge is 2.12. The standard InChI is InChI=1S/C44H81NO5/c1-3-5-7-9-11-12-13-14-15-16-17-18-19-20-21-22-23-24-25-27-29-35-39-44(49)50-41(36-32-28-26-10-8-6-4-2)37-33-30-31-34-38-42(46)45-40-43(47)48/h10,26,32,36,41H,3-9,11-25,27-31,33-35,37-40H2,1-2H3,(H,45,46)(H,47,48)/b26-10-,36-32-. The van der Waals surface area contributed by atoms with Gasteiger partial charge in [0.2, 0.25) is 5.91 Å². The number of esters is 1. The van der Waals surface area contributed by atoms with Crippen molar-refractivity contribution in [1.29, 1.82) is 0 Å². The predicted molar refractivity (Wildman–Crippen MR) is 213 cm³/mol. The Morgan fingerprint density at radius 1 is 0.540 bits per heavy atom. The van der Waals surface area contributed by atoms with Gasteiger partial charge in [0, 0.05) is 12.8 Å². The van der Waals surface area contributed by atoms with Gasteiger partial charge >= 0.3 is 11.9 Å². The molecule has 0 heterocycles. The molecule has 292 valence electrons. The number of carboxylic acids is 1. The summed E-state index contributed by atoms with van der Waals surface area (Å²) in [6, 6.07) is 0. The third-order valence-corrected chi connectivity index (χ3v) is 9.61. The van der Waals surface area contributed by atoms with E-state index < -0.39 is 5.97 Å². The Morgan fingerprint density at radius 2 is 0.980 bits per heavy atom. The van der Waals surface area contributed by atoms with E-state index in [1.165, 1.54) is 141 Å². The van der Waals surface area contributed by atoms with Crippen LogP contribution in [0.2, 0.25) is 0 Å². The van der Waals surface area contributed by atoms with Crippen molar-refractivity contribution in [2.45, 2.75) is 232 Å². The second-order valence-corrected chi connectivity index (χ2v) is 14.6. The highest BCUT2D eigenvalue weighted by Crippen LogP contribution is 2.17. The molecule has 0 aliphatic carbocycles. The predicted octanol–water partition coefficient (Wildman–Crippen LogP) is 13.1. The molecule has 50 heavy (non-hydrogen) atoms. The number of carbonyl (C=O) groups is 3. The summed E-state index contributed by atoms with van der Waals surface area (Å²) in [5.41, 5.74) is 0. The Bertz CT molecular complexity index is 823. The van der Waals surface area contributed by atoms with E-state index in [2.05, 4.69) is 37.4 Å². The third kappa shape index (κ3) is 38.7. The lowest BCUT2D eigenvalue weighted by Crippen LogP contribution is -2.28. The van der Waals surface area contributed by atoms with Crippen LogP contribution in [0.3, 0.4) is 0 Å². The number of carboxylic acid groups (broad SMARTS) is 1. The van der Waals surface area contributed by atoms with Crippen molar-refractivity contribution >= 4 is 17.8 Å². The van der Waals surface area contributed by atoms with Crippen LogP contribution in [0.5, 0.6) is 0 Å². The fourth-order valence-corrected chi connectivity index (χ4v) is 6.39. The molecule has 0 radical (unpaired) electrons. The second-order valence-electron chi connectivity index (χ2n) is 14.6. The molecule has 0 fully saturated rings. The summed E-state index contributed by atoms with van der Waals surface area (Å²) in [4.78, 5) is 34.9. The van der Waals surface area contributed by atoms with E-state index in [0.29, 0.717) is 12.8 Å². The van der Waals surface area contributed by atoms with Crippen LogP contribution in [-0.4, -0.2) is 35.6 Å². The summed E-state index contributed by atoms with van der Waals surface area (Å²) < 4.78 is 5.87. The van der Waals surface area contributed by atoms with Gasteiger partial charge in [-0.25, -0.2) is 0 Å². The SMILES string of the molecule is CCCC/C=C\C/C=C\C(CCCCCCC(=O)NCC(=O)O)OC(=O)CCCCCCCCCCCCCCCCCCCCCCCC. The highest BCUT2D eigenvalue weighted by atomic mass is 16.5. The Kier molecular flexibility index (Phi) is 38.0. The van der Waals surface area contributed by atoms with Crippen molar-refractivity contribution in [3.63, 3.8) is 0 Å². The van der Waals surface area contributed by atoms with Crippen molar-refractivity contribution in [2.24, 2.45) is 0 Å². The maximum Gasteiger partial charge on any atom is 0.322 e. The largest absolute Gasteiger partial charge is 0.480 e. The maximum atomic E-state index is 12.6. The van der Waals surface area contributed by atoms with Crippen molar-refractivity contribution in [2.75, 3.05) is 6.54 Å². The molecular weight excluding hydrogens is 622 g/mol. The number of hydrogen-bond donors (Lipinski definition) is 2. The van der Waals surface area contributed by atoms with Crippen molar-refractivity contribution < 1.29 is 24.2 Å². The summed E-state index contributed by atoms with van der Waals surface area (Å²) in [7, 11) is 0. The number of amides is 1. The molecule has 6 heteroatoms. The van der Waals surface area contributed by atoms with E-state index in [0.717, 1.165) is 57.8 Å². The van der Waals surface area contributed by atoms with Gasteiger partial charge in [-0.3, -0.25) is 14.4 Å². The Hall–Kier alpha value is -2.11. The summed E-state index contributed by atoms with van der Waals surface area (Å²) >= 11 is 0. The summed E-state index contributed by atoms with van der Waals surface area (Å²) in [6.45, 7) is 4.16. The van der Waals surface area contributed by atoms with Crippen LogP contribution < -0.4 is 5.32 Å². The fourth-order valence-electron chi connectivity index (χ4n) is 6.39. The zero-order valence-corrected chi connectivity index (χ0v) is 33.0. The fraction of sp³-hybridized carbons (Fsp3) is 0.841. The van der Waals surface area contributed by atoms with E-state index in [1.54, 1.807) is 0 Å². The van der Waals surface area contributed by atoms with E-state index in [1.807, 2.05) is 6.08 Å². The number of allylic oxidation sites excluding steroid dienone is 3. The molecule has 0 aromatic heterocycles. The van der Waals surface area contributed by atoms with Gasteiger partial charge < -0.3 is 15.2 Å². The van der Waals surface area contributed by atoms with E-state index in [9.17, 15) is 14.4 Å². The molecular formula is C44H81NO5. The minimum Gasteiger partial charge on any atom is -0.480 e. The molecule has 0 bridgehead atoms. The molecule has 0 aliphatic heterocycles. The number of carbonyl (C=O) groups excluding carboxylic acids is 2. The topological polar surface area (TPSA) is 92.7 Å². The molecule has 0 spiro atoms. The van der Waals surface area contributed by atoms with Gasteiger partial charge in [0.15, 0.2) is 0 Å². The van der Waals surface area contributed by atoms with Gasteiger partial charge in [0.05, 0.1) is 0 Å². The molecule has 0 rings (SSSR count). The van der Waals surface area contributed by atoms with Gasteiger partial charge in [-0.05, 0) is 44.6 Å². The van der Waals surface area contributed by atoms with Crippen LogP contribution in [0.15, 0.2) is 24.3 Å². The van der Waals surface area contributed by atoms with Crippen molar-refractivity contribution in [1.82, 2.24) is 5.32 Å². The van der Waals surface area contributed by atoms with Crippen LogP contribution in [-0.2, 0) is 19.1 Å². The number of ether oxygens (including phenoxy) is 1. The number of aliphatic carboxylic acids is 1. The van der Waals surface area contributed by atoms with Crippen LogP contribution in [0, 0.1) is 0 Å². The van der Waals surface area contributed by atoms with E-state index >= 15 is 0 Å². The number of hydrogen-bond acceptors (Lipinski definition) is 4. The lowest BCUT2D eigenvalue weighted by atomic mass is 10.0. The normalized spacial score (nSPS) is 12.2. The van der Waals surface area contributed by atoms with E-state index in [4.69, 9.17) is 9.84 Å². The summed E-state index contributed by atoms with van der Waals surface area (Å²) in [5.74, 6) is -1.34. The number of nitrogens with one attached hydrogen (secondary N) is 1. The van der Waals surface area contributed by atoms with Crippen molar-refractivity contribution in [3.05, 3.63) is 24.3 Å². The maximum absolute atomic E-state index is 12.6. The minimum atomic E-state index is -1.03. The molecule has 1 amide bonds. The molecule has 0 saturated heterocycles. The van der Waals surface area contributed by atoms with Gasteiger partial charge in [0.1, 0.15) is 12.6 Å². The van der Waals surface area contributed by atoms with Gasteiger partial charge in [-0.2, -0.15) is 0 Å². The molecule has 6 nitrogen and oxygen atoms in total. The lowest BCUT2D eigenvalue weighted by molar-refractivity contribution is -0.147. The lowest BCUT2D eigenvalue weighted by Gasteiger charge is -2.14. The Morgan fingerprint density at radius 3 is 1.46 bits per heavy atom. The molecule has 1 unspecified atom stereocenters. The number of rotatable bonds is 39. The van der Waals surface area contributed by atoms with Crippen LogP contribution >= 0.6 is 0 Å². The van der Waals surface area contributed by atoms with Gasteiger partial charge in [-0.1, -0.05) is 193 Å². The summed E-state index contributed by atoms with van der Waals surface area (Å²) in [5, 5.41) is 11.1. The zero-order valence-electron chi connectivity index (χ0n) is 33.0. The van der Waals surface area contributed by atoms with Crippen LogP contribution in [0.4, 0.5) is 0 Å². The average molecular weight is 704 g/mol. The molecule has 0 aromatic carbocycles. The molecule has 0 aromatic rings. The molecule has 0 aliphatic rings. The van der Waals surface area contributed by atoms with Gasteiger partial charge in [-0.15, -0.1) is 0 Å². The quantitative estimate of drug-likeness (QED) is 0.0378. The second kappa shape index (κ2) is 39.7. The Labute approximate surface area is 309 Å². The summed E-state index contributed by atoms with van der Waals surface area (Å²) in [6.07, 6.45) is 47.7. The Balaban J connectivity index is 3.89. The first-order valence-electron chi connectivity index (χ1n) is 21.5. The first kappa shape index (κ1) is 47.9. The zero-order chi connectivity index (χ0) is 36.6. The molecule has 0 saturated carbocycles. The van der Waals surface area contributed by atoms with Crippen LogP contribution in [0.1, 0.15) is 226 Å². The monoisotopic (exact) mass is 704 g/mol. The average Bonchev–Trinajstić information content (AvgIpc) is 3.10. The smallest absolute Gasteiger partial charge is 0.322 e. The minimum absolute atomic E-state index is 0.0959.